The van der Waals surface area contributed by atoms with Crippen LogP contribution in [0.15, 0.2) is 47.4 Å². The predicted octanol–water partition coefficient (Wildman–Crippen LogP) is 2.92. The van der Waals surface area contributed by atoms with E-state index in [4.69, 9.17) is 14.2 Å². The van der Waals surface area contributed by atoms with Crippen molar-refractivity contribution in [1.29, 1.82) is 0 Å². The van der Waals surface area contributed by atoms with Crippen molar-refractivity contribution < 1.29 is 28.6 Å². The van der Waals surface area contributed by atoms with Crippen LogP contribution in [0.1, 0.15) is 20.7 Å². The summed E-state index contributed by atoms with van der Waals surface area (Å²) in [4.78, 5) is 38.8. The lowest BCUT2D eigenvalue weighted by Crippen LogP contribution is -2.23. The minimum Gasteiger partial charge on any atom is -0.493 e. The number of Topliss-reactive ketones (excluding diaryl/α,β-unsaturated/α-hetero) is 1. The van der Waals surface area contributed by atoms with Gasteiger partial charge >= 0.3 is 5.97 Å². The van der Waals surface area contributed by atoms with Gasteiger partial charge < -0.3 is 19.1 Å². The lowest BCUT2D eigenvalue weighted by Gasteiger charge is -2.12. The summed E-state index contributed by atoms with van der Waals surface area (Å²) in [6.07, 6.45) is 0. The van der Waals surface area contributed by atoms with Gasteiger partial charge in [-0.15, -0.1) is 11.8 Å². The summed E-state index contributed by atoms with van der Waals surface area (Å²) in [6.45, 7) is -0.413. The topological polar surface area (TPSA) is 82.1 Å². The number of carbonyl (C=O) groups excluding carboxylic acids is 3. The van der Waals surface area contributed by atoms with E-state index < -0.39 is 12.6 Å². The van der Waals surface area contributed by atoms with Crippen LogP contribution in [0.25, 0.3) is 0 Å². The minimum absolute atomic E-state index is 0.0678. The Labute approximate surface area is 173 Å². The number of methoxy groups -OCH3 is 2. The molecular weight excluding hydrogens is 394 g/mol. The Kier molecular flexibility index (Phi) is 8.09. The molecule has 0 atom stereocenters. The number of ether oxygens (including phenoxy) is 3. The van der Waals surface area contributed by atoms with Crippen molar-refractivity contribution in [1.82, 2.24) is 4.90 Å². The molecule has 0 aliphatic rings. The van der Waals surface area contributed by atoms with E-state index in [1.54, 1.807) is 50.5 Å². The second-order valence-corrected chi connectivity index (χ2v) is 7.16. The summed E-state index contributed by atoms with van der Waals surface area (Å²) in [5.74, 6) is 0.0477. The molecule has 1 amide bonds. The second kappa shape index (κ2) is 10.5. The SMILES string of the molecule is COc1ccc(C(=O)COC(=O)c2ccccc2SCC(=O)N(C)C)cc1OC. The Hall–Kier alpha value is -3.00. The third kappa shape index (κ3) is 5.99. The number of benzene rings is 2. The largest absolute Gasteiger partial charge is 0.493 e. The zero-order valence-electron chi connectivity index (χ0n) is 16.8. The molecule has 2 aromatic carbocycles. The molecule has 0 saturated carbocycles. The first kappa shape index (κ1) is 22.3. The first-order valence-electron chi connectivity index (χ1n) is 8.71. The normalized spacial score (nSPS) is 10.2. The molecule has 2 aromatic rings. The molecule has 0 heterocycles. The molecule has 0 fully saturated rings. The van der Waals surface area contributed by atoms with Crippen molar-refractivity contribution in [2.24, 2.45) is 0 Å². The van der Waals surface area contributed by atoms with Gasteiger partial charge in [0.15, 0.2) is 23.9 Å². The lowest BCUT2D eigenvalue weighted by molar-refractivity contribution is -0.125. The molecule has 0 spiro atoms. The third-order valence-corrected chi connectivity index (χ3v) is 5.06. The zero-order chi connectivity index (χ0) is 21.4. The van der Waals surface area contributed by atoms with Crippen LogP contribution in [0.3, 0.4) is 0 Å². The standard InChI is InChI=1S/C21H23NO6S/c1-22(2)20(24)13-29-19-8-6-5-7-15(19)21(25)28-12-16(23)14-9-10-17(26-3)18(11-14)27-4/h5-11H,12-13H2,1-4H3. The summed E-state index contributed by atoms with van der Waals surface area (Å²) in [6, 6.07) is 11.5. The molecule has 0 unspecified atom stereocenters. The Morgan fingerprint density at radius 1 is 0.966 bits per heavy atom. The maximum Gasteiger partial charge on any atom is 0.339 e. The van der Waals surface area contributed by atoms with Gasteiger partial charge in [-0.25, -0.2) is 4.79 Å². The maximum absolute atomic E-state index is 12.5. The fourth-order valence-corrected chi connectivity index (χ4v) is 3.35. The molecule has 2 rings (SSSR count). The zero-order valence-corrected chi connectivity index (χ0v) is 17.6. The van der Waals surface area contributed by atoms with Crippen molar-refractivity contribution in [3.8, 4) is 11.5 Å². The predicted molar refractivity (Wildman–Crippen MR) is 110 cm³/mol. The first-order chi connectivity index (χ1) is 13.9. The van der Waals surface area contributed by atoms with E-state index in [2.05, 4.69) is 0 Å². The highest BCUT2D eigenvalue weighted by molar-refractivity contribution is 8.00. The van der Waals surface area contributed by atoms with E-state index in [1.165, 1.54) is 36.9 Å². The molecular formula is C21H23NO6S. The molecule has 0 bridgehead atoms. The van der Waals surface area contributed by atoms with Crippen LogP contribution in [0, 0.1) is 0 Å². The number of nitrogens with zero attached hydrogens (tertiary/aromatic N) is 1. The molecule has 29 heavy (non-hydrogen) atoms. The van der Waals surface area contributed by atoms with Crippen molar-refractivity contribution in [2.45, 2.75) is 4.90 Å². The number of hydrogen-bond acceptors (Lipinski definition) is 7. The summed E-state index contributed by atoms with van der Waals surface area (Å²) >= 11 is 1.24. The summed E-state index contributed by atoms with van der Waals surface area (Å²) in [5, 5.41) is 0. The van der Waals surface area contributed by atoms with Crippen LogP contribution < -0.4 is 9.47 Å². The highest BCUT2D eigenvalue weighted by Crippen LogP contribution is 2.28. The number of ketones is 1. The smallest absolute Gasteiger partial charge is 0.339 e. The van der Waals surface area contributed by atoms with E-state index in [9.17, 15) is 14.4 Å². The molecule has 154 valence electrons. The lowest BCUT2D eigenvalue weighted by atomic mass is 10.1. The molecule has 0 saturated heterocycles. The highest BCUT2D eigenvalue weighted by atomic mass is 32.2. The van der Waals surface area contributed by atoms with Crippen molar-refractivity contribution >= 4 is 29.4 Å². The van der Waals surface area contributed by atoms with E-state index >= 15 is 0 Å². The maximum atomic E-state index is 12.5. The van der Waals surface area contributed by atoms with Crippen LogP contribution in [0.4, 0.5) is 0 Å². The van der Waals surface area contributed by atoms with Gasteiger partial charge in [-0.2, -0.15) is 0 Å². The third-order valence-electron chi connectivity index (χ3n) is 4.00. The van der Waals surface area contributed by atoms with Crippen molar-refractivity contribution in [3.63, 3.8) is 0 Å². The first-order valence-corrected chi connectivity index (χ1v) is 9.70. The minimum atomic E-state index is -0.626. The fraction of sp³-hybridized carbons (Fsp3) is 0.286. The molecule has 0 aliphatic heterocycles. The molecule has 8 heteroatoms. The van der Waals surface area contributed by atoms with Gasteiger partial charge in [-0.1, -0.05) is 12.1 Å². The molecule has 0 N–H and O–H groups in total. The molecule has 7 nitrogen and oxygen atoms in total. The van der Waals surface area contributed by atoms with Gasteiger partial charge in [0.1, 0.15) is 0 Å². The van der Waals surface area contributed by atoms with Gasteiger partial charge in [-0.05, 0) is 30.3 Å². The molecule has 0 radical (unpaired) electrons. The molecule has 0 aromatic heterocycles. The average molecular weight is 417 g/mol. The van der Waals surface area contributed by atoms with E-state index in [-0.39, 0.29) is 17.4 Å². The van der Waals surface area contributed by atoms with E-state index in [0.29, 0.717) is 27.5 Å². The Morgan fingerprint density at radius 3 is 2.31 bits per heavy atom. The number of rotatable bonds is 9. The number of carbonyl (C=O) groups is 3. The van der Waals surface area contributed by atoms with Crippen LogP contribution in [0.2, 0.25) is 0 Å². The monoisotopic (exact) mass is 417 g/mol. The number of hydrogen-bond donors (Lipinski definition) is 0. The average Bonchev–Trinajstić information content (AvgIpc) is 2.74. The van der Waals surface area contributed by atoms with Crippen LogP contribution in [-0.2, 0) is 9.53 Å². The van der Waals surface area contributed by atoms with E-state index in [0.717, 1.165) is 0 Å². The van der Waals surface area contributed by atoms with Crippen molar-refractivity contribution in [3.05, 3.63) is 53.6 Å². The van der Waals surface area contributed by atoms with Gasteiger partial charge in [0.2, 0.25) is 5.91 Å². The van der Waals surface area contributed by atoms with E-state index in [1.807, 2.05) is 0 Å². The number of thioether (sulfide) groups is 1. The Balaban J connectivity index is 2.04. The number of esters is 1. The second-order valence-electron chi connectivity index (χ2n) is 6.14. The Bertz CT molecular complexity index is 896. The summed E-state index contributed by atoms with van der Waals surface area (Å²) in [5.41, 5.74) is 0.652. The number of amides is 1. The van der Waals surface area contributed by atoms with Gasteiger partial charge in [-0.3, -0.25) is 9.59 Å². The van der Waals surface area contributed by atoms with Gasteiger partial charge in [0.05, 0.1) is 25.5 Å². The highest BCUT2D eigenvalue weighted by Gasteiger charge is 2.17. The van der Waals surface area contributed by atoms with Gasteiger partial charge in [0, 0.05) is 24.6 Å². The van der Waals surface area contributed by atoms with Crippen LogP contribution >= 0.6 is 11.8 Å². The Morgan fingerprint density at radius 2 is 1.66 bits per heavy atom. The fourth-order valence-electron chi connectivity index (χ4n) is 2.33. The van der Waals surface area contributed by atoms with Crippen LogP contribution in [-0.4, -0.2) is 63.2 Å². The summed E-state index contributed by atoms with van der Waals surface area (Å²) in [7, 11) is 6.32. The molecule has 0 aliphatic carbocycles. The van der Waals surface area contributed by atoms with Crippen LogP contribution in [0.5, 0.6) is 11.5 Å². The van der Waals surface area contributed by atoms with Gasteiger partial charge in [0.25, 0.3) is 0 Å². The quantitative estimate of drug-likeness (QED) is 0.352. The van der Waals surface area contributed by atoms with Crippen molar-refractivity contribution in [2.75, 3.05) is 40.7 Å². The summed E-state index contributed by atoms with van der Waals surface area (Å²) < 4.78 is 15.5.